The molecule has 2 heterocycles. The van der Waals surface area contributed by atoms with Crippen molar-refractivity contribution < 1.29 is 9.32 Å². The summed E-state index contributed by atoms with van der Waals surface area (Å²) in [4.78, 5) is 18.6. The summed E-state index contributed by atoms with van der Waals surface area (Å²) in [6.07, 6.45) is 6.13. The van der Waals surface area contributed by atoms with Gasteiger partial charge in [-0.1, -0.05) is 29.4 Å². The van der Waals surface area contributed by atoms with E-state index in [-0.39, 0.29) is 11.8 Å². The van der Waals surface area contributed by atoms with E-state index in [0.717, 1.165) is 30.5 Å². The van der Waals surface area contributed by atoms with Crippen LogP contribution in [0.5, 0.6) is 0 Å². The van der Waals surface area contributed by atoms with E-state index in [4.69, 9.17) is 4.52 Å². The first kappa shape index (κ1) is 16.5. The van der Waals surface area contributed by atoms with Gasteiger partial charge in [0.1, 0.15) is 5.69 Å². The van der Waals surface area contributed by atoms with Crippen LogP contribution in [0.3, 0.4) is 0 Å². The second-order valence-corrected chi connectivity index (χ2v) is 6.82. The number of aryl methyl sites for hydroxylation is 1. The summed E-state index contributed by atoms with van der Waals surface area (Å²) >= 11 is 0. The van der Waals surface area contributed by atoms with E-state index in [1.807, 2.05) is 31.3 Å². The molecule has 1 unspecified atom stereocenters. The van der Waals surface area contributed by atoms with Crippen molar-refractivity contribution in [1.29, 1.82) is 0 Å². The van der Waals surface area contributed by atoms with E-state index in [2.05, 4.69) is 28.3 Å². The first-order chi connectivity index (χ1) is 12.7. The monoisotopic (exact) mass is 347 g/mol. The van der Waals surface area contributed by atoms with Gasteiger partial charge in [-0.15, -0.1) is 0 Å². The fraction of sp³-hybridized carbons (Fsp3) is 0.286. The topological polar surface area (TPSA) is 59.2 Å². The Hall–Kier alpha value is -2.95. The SMILES string of the molecule is CN(Cc1cc(-c2ccncc2)no1)C(=O)C1CCc2ccccc2C1. The normalized spacial score (nSPS) is 16.1. The van der Waals surface area contributed by atoms with Gasteiger partial charge in [0.05, 0.1) is 6.54 Å². The maximum Gasteiger partial charge on any atom is 0.226 e. The van der Waals surface area contributed by atoms with Gasteiger partial charge >= 0.3 is 0 Å². The number of pyridine rings is 1. The Labute approximate surface area is 152 Å². The Morgan fingerprint density at radius 1 is 1.19 bits per heavy atom. The predicted molar refractivity (Wildman–Crippen MR) is 98.2 cm³/mol. The molecule has 0 N–H and O–H groups in total. The van der Waals surface area contributed by atoms with Crippen molar-refractivity contribution >= 4 is 5.91 Å². The molecule has 0 aliphatic heterocycles. The number of hydrogen-bond acceptors (Lipinski definition) is 4. The molecule has 5 heteroatoms. The number of aromatic nitrogens is 2. The molecule has 1 aromatic carbocycles. The summed E-state index contributed by atoms with van der Waals surface area (Å²) in [6.45, 7) is 0.426. The first-order valence-electron chi connectivity index (χ1n) is 8.88. The number of carbonyl (C=O) groups is 1. The number of fused-ring (bicyclic) bond motifs is 1. The lowest BCUT2D eigenvalue weighted by Crippen LogP contribution is -2.35. The molecule has 0 radical (unpaired) electrons. The van der Waals surface area contributed by atoms with Crippen LogP contribution in [0.1, 0.15) is 23.3 Å². The fourth-order valence-corrected chi connectivity index (χ4v) is 3.58. The second kappa shape index (κ2) is 7.12. The minimum Gasteiger partial charge on any atom is -0.359 e. The van der Waals surface area contributed by atoms with Crippen LogP contribution >= 0.6 is 0 Å². The van der Waals surface area contributed by atoms with Gasteiger partial charge in [0.25, 0.3) is 0 Å². The smallest absolute Gasteiger partial charge is 0.226 e. The maximum absolute atomic E-state index is 12.8. The third-order valence-electron chi connectivity index (χ3n) is 5.00. The van der Waals surface area contributed by atoms with E-state index in [0.29, 0.717) is 12.3 Å². The number of amides is 1. The van der Waals surface area contributed by atoms with Gasteiger partial charge in [-0.25, -0.2) is 0 Å². The van der Waals surface area contributed by atoms with Crippen molar-refractivity contribution in [3.63, 3.8) is 0 Å². The summed E-state index contributed by atoms with van der Waals surface area (Å²) in [5.41, 5.74) is 4.38. The maximum atomic E-state index is 12.8. The van der Waals surface area contributed by atoms with E-state index in [1.165, 1.54) is 11.1 Å². The summed E-state index contributed by atoms with van der Waals surface area (Å²) in [6, 6.07) is 14.1. The highest BCUT2D eigenvalue weighted by Gasteiger charge is 2.27. The zero-order chi connectivity index (χ0) is 17.9. The zero-order valence-corrected chi connectivity index (χ0v) is 14.8. The standard InChI is InChI=1S/C21H21N3O2/c1-24(14-19-13-20(23-26-19)16-8-10-22-11-9-16)21(25)18-7-6-15-4-2-3-5-17(15)12-18/h2-5,8-11,13,18H,6-7,12,14H2,1H3. The molecule has 0 saturated heterocycles. The number of hydrogen-bond donors (Lipinski definition) is 0. The predicted octanol–water partition coefficient (Wildman–Crippen LogP) is 3.50. The Bertz CT molecular complexity index is 904. The average Bonchev–Trinajstić information content (AvgIpc) is 3.16. The van der Waals surface area contributed by atoms with E-state index < -0.39 is 0 Å². The van der Waals surface area contributed by atoms with E-state index in [9.17, 15) is 4.79 Å². The molecule has 0 fully saturated rings. The average molecular weight is 347 g/mol. The Balaban J connectivity index is 1.42. The van der Waals surface area contributed by atoms with Gasteiger partial charge in [-0.05, 0) is 42.5 Å². The largest absolute Gasteiger partial charge is 0.359 e. The quantitative estimate of drug-likeness (QED) is 0.725. The van der Waals surface area contributed by atoms with Gasteiger partial charge < -0.3 is 9.42 Å². The molecule has 3 aromatic rings. The summed E-state index contributed by atoms with van der Waals surface area (Å²) < 4.78 is 5.42. The van der Waals surface area contributed by atoms with Crippen molar-refractivity contribution in [2.45, 2.75) is 25.8 Å². The first-order valence-corrected chi connectivity index (χ1v) is 8.88. The van der Waals surface area contributed by atoms with Gasteiger partial charge in [-0.2, -0.15) is 0 Å². The molecular weight excluding hydrogens is 326 g/mol. The fourth-order valence-electron chi connectivity index (χ4n) is 3.58. The number of rotatable bonds is 4. The van der Waals surface area contributed by atoms with Crippen LogP contribution in [-0.2, 0) is 24.2 Å². The van der Waals surface area contributed by atoms with Crippen LogP contribution in [0, 0.1) is 5.92 Å². The third kappa shape index (κ3) is 3.38. The lowest BCUT2D eigenvalue weighted by Gasteiger charge is -2.27. The van der Waals surface area contributed by atoms with Crippen LogP contribution in [0.4, 0.5) is 0 Å². The molecule has 132 valence electrons. The minimum atomic E-state index is 0.0393. The Morgan fingerprint density at radius 2 is 1.96 bits per heavy atom. The molecule has 1 aliphatic rings. The van der Waals surface area contributed by atoms with Crippen LogP contribution < -0.4 is 0 Å². The highest BCUT2D eigenvalue weighted by Crippen LogP contribution is 2.27. The summed E-state index contributed by atoms with van der Waals surface area (Å²) in [5.74, 6) is 0.891. The highest BCUT2D eigenvalue weighted by molar-refractivity contribution is 5.79. The van der Waals surface area contributed by atoms with Crippen LogP contribution in [0.2, 0.25) is 0 Å². The molecule has 0 spiro atoms. The van der Waals surface area contributed by atoms with E-state index >= 15 is 0 Å². The summed E-state index contributed by atoms with van der Waals surface area (Å²) in [7, 11) is 1.83. The minimum absolute atomic E-state index is 0.0393. The number of carbonyl (C=O) groups excluding carboxylic acids is 1. The van der Waals surface area contributed by atoms with Crippen molar-refractivity contribution in [1.82, 2.24) is 15.0 Å². The molecule has 0 bridgehead atoms. The van der Waals surface area contributed by atoms with Gasteiger partial charge in [0.2, 0.25) is 5.91 Å². The van der Waals surface area contributed by atoms with Gasteiger partial charge in [-0.3, -0.25) is 9.78 Å². The third-order valence-corrected chi connectivity index (χ3v) is 5.00. The van der Waals surface area contributed by atoms with Crippen molar-refractivity contribution in [3.8, 4) is 11.3 Å². The Kier molecular flexibility index (Phi) is 4.52. The number of benzene rings is 1. The van der Waals surface area contributed by atoms with Gasteiger partial charge in [0.15, 0.2) is 5.76 Å². The van der Waals surface area contributed by atoms with Crippen LogP contribution in [0.25, 0.3) is 11.3 Å². The number of nitrogens with zero attached hydrogens (tertiary/aromatic N) is 3. The Morgan fingerprint density at radius 3 is 2.77 bits per heavy atom. The van der Waals surface area contributed by atoms with Crippen LogP contribution in [0.15, 0.2) is 59.4 Å². The van der Waals surface area contributed by atoms with Crippen molar-refractivity contribution in [2.75, 3.05) is 7.05 Å². The second-order valence-electron chi connectivity index (χ2n) is 6.82. The molecule has 1 aliphatic carbocycles. The molecule has 4 rings (SSSR count). The van der Waals surface area contributed by atoms with Crippen LogP contribution in [-0.4, -0.2) is 28.0 Å². The molecular formula is C21H21N3O2. The molecule has 26 heavy (non-hydrogen) atoms. The molecule has 5 nitrogen and oxygen atoms in total. The lowest BCUT2D eigenvalue weighted by atomic mass is 9.83. The molecule has 1 amide bonds. The highest BCUT2D eigenvalue weighted by atomic mass is 16.5. The zero-order valence-electron chi connectivity index (χ0n) is 14.8. The molecule has 1 atom stereocenters. The van der Waals surface area contributed by atoms with E-state index in [1.54, 1.807) is 17.3 Å². The molecule has 2 aromatic heterocycles. The summed E-state index contributed by atoms with van der Waals surface area (Å²) in [5, 5.41) is 4.10. The lowest BCUT2D eigenvalue weighted by molar-refractivity contribution is -0.135. The van der Waals surface area contributed by atoms with Gasteiger partial charge in [0, 0.05) is 37.0 Å². The van der Waals surface area contributed by atoms with Crippen molar-refractivity contribution in [2.24, 2.45) is 5.92 Å². The molecule has 0 saturated carbocycles. The van der Waals surface area contributed by atoms with Crippen molar-refractivity contribution in [3.05, 3.63) is 71.7 Å².